The van der Waals surface area contributed by atoms with E-state index in [1.54, 1.807) is 0 Å². The zero-order valence-electron chi connectivity index (χ0n) is 20.4. The number of hydrogen-bond acceptors (Lipinski definition) is 3. The minimum absolute atomic E-state index is 0.0729. The van der Waals surface area contributed by atoms with Crippen molar-refractivity contribution >= 4 is 23.0 Å². The van der Waals surface area contributed by atoms with E-state index in [-0.39, 0.29) is 12.1 Å². The van der Waals surface area contributed by atoms with Crippen LogP contribution in [0.4, 0.5) is 5.69 Å². The fourth-order valence-electron chi connectivity index (χ4n) is 4.74. The Balaban J connectivity index is 1.34. The number of rotatable bonds is 6. The molecule has 5 nitrogen and oxygen atoms in total. The molecule has 0 spiro atoms. The summed E-state index contributed by atoms with van der Waals surface area (Å²) in [6, 6.07) is 34.4. The number of aromatic nitrogens is 2. The van der Waals surface area contributed by atoms with Crippen LogP contribution in [0.25, 0.3) is 5.69 Å². The minimum atomic E-state index is -0.0937. The Labute approximate surface area is 222 Å². The van der Waals surface area contributed by atoms with E-state index in [0.717, 1.165) is 34.1 Å². The lowest BCUT2D eigenvalue weighted by Crippen LogP contribution is -2.29. The van der Waals surface area contributed by atoms with E-state index in [4.69, 9.17) is 17.0 Å². The average molecular weight is 503 g/mol. The summed E-state index contributed by atoms with van der Waals surface area (Å²) in [6.45, 7) is 2.06. The van der Waals surface area contributed by atoms with Gasteiger partial charge in [0.1, 0.15) is 11.5 Å². The number of para-hydroxylation sites is 1. The molecule has 1 saturated heterocycles. The molecule has 3 heterocycles. The van der Waals surface area contributed by atoms with Gasteiger partial charge in [0.05, 0.1) is 17.8 Å². The van der Waals surface area contributed by atoms with Gasteiger partial charge >= 0.3 is 0 Å². The predicted molar refractivity (Wildman–Crippen MR) is 151 cm³/mol. The van der Waals surface area contributed by atoms with Crippen LogP contribution in [-0.2, 0) is 0 Å². The first-order chi connectivity index (χ1) is 18.2. The van der Waals surface area contributed by atoms with E-state index >= 15 is 0 Å². The zero-order valence-corrected chi connectivity index (χ0v) is 21.2. The van der Waals surface area contributed by atoms with Gasteiger partial charge < -0.3 is 19.5 Å². The van der Waals surface area contributed by atoms with Crippen LogP contribution in [0.15, 0.2) is 122 Å². The number of nitrogens with one attached hydrogen (secondary N) is 1. The number of aryl methyl sites for hydroxylation is 1. The standard InChI is InChI=1S/C31H26N4OS/c1-22-10-14-26(15-11-22)36-27-16-12-25(13-17-27)35-30(29(33-31(35)37)28-9-5-6-19-32-28)23-18-20-34(21-23)24-7-3-2-4-8-24/h2-21,29-30H,1H3,(H,33,37)/t29-,30+/m0/s1. The Morgan fingerprint density at radius 2 is 1.49 bits per heavy atom. The molecule has 37 heavy (non-hydrogen) atoms. The number of thiocarbonyl (C=S) groups is 1. The number of pyridine rings is 1. The van der Waals surface area contributed by atoms with Crippen molar-refractivity contribution in [2.75, 3.05) is 4.90 Å². The van der Waals surface area contributed by atoms with Crippen molar-refractivity contribution < 1.29 is 4.74 Å². The molecule has 0 amide bonds. The Morgan fingerprint density at radius 3 is 2.19 bits per heavy atom. The first-order valence-electron chi connectivity index (χ1n) is 12.2. The van der Waals surface area contributed by atoms with Crippen LogP contribution >= 0.6 is 12.2 Å². The second-order valence-corrected chi connectivity index (χ2v) is 9.48. The van der Waals surface area contributed by atoms with Crippen LogP contribution in [0, 0.1) is 6.92 Å². The number of anilines is 1. The van der Waals surface area contributed by atoms with Gasteiger partial charge in [-0.05, 0) is 91.4 Å². The highest BCUT2D eigenvalue weighted by Crippen LogP contribution is 2.42. The second-order valence-electron chi connectivity index (χ2n) is 9.09. The lowest BCUT2D eigenvalue weighted by atomic mass is 9.98. The first-order valence-corrected chi connectivity index (χ1v) is 12.6. The van der Waals surface area contributed by atoms with E-state index < -0.39 is 0 Å². The first kappa shape index (κ1) is 23.0. The summed E-state index contributed by atoms with van der Waals surface area (Å²) in [5.41, 5.74) is 5.40. The topological polar surface area (TPSA) is 42.3 Å². The molecule has 1 aliphatic rings. The monoisotopic (exact) mass is 502 g/mol. The third-order valence-electron chi connectivity index (χ3n) is 6.58. The molecule has 1 aliphatic heterocycles. The highest BCUT2D eigenvalue weighted by molar-refractivity contribution is 7.80. The molecule has 6 heteroatoms. The lowest BCUT2D eigenvalue weighted by molar-refractivity contribution is 0.482. The molecular weight excluding hydrogens is 476 g/mol. The molecule has 6 rings (SSSR count). The largest absolute Gasteiger partial charge is 0.457 e. The third-order valence-corrected chi connectivity index (χ3v) is 6.90. The fraction of sp³-hybridized carbons (Fsp3) is 0.0968. The fourth-order valence-corrected chi connectivity index (χ4v) is 5.08. The third kappa shape index (κ3) is 4.71. The van der Waals surface area contributed by atoms with Crippen molar-refractivity contribution in [2.45, 2.75) is 19.0 Å². The molecule has 0 saturated carbocycles. The number of benzene rings is 3. The maximum absolute atomic E-state index is 6.05. The van der Waals surface area contributed by atoms with Gasteiger partial charge in [-0.1, -0.05) is 42.0 Å². The average Bonchev–Trinajstić information content (AvgIpc) is 3.56. The molecule has 5 aromatic rings. The molecule has 0 radical (unpaired) electrons. The Bertz CT molecular complexity index is 1500. The Hall–Kier alpha value is -4.42. The maximum Gasteiger partial charge on any atom is 0.174 e. The SMILES string of the molecule is Cc1ccc(Oc2ccc(N3C(=S)N[C@@H](c4ccccn4)[C@H]3c3ccn(-c4ccccc4)c3)cc2)cc1. The summed E-state index contributed by atoms with van der Waals surface area (Å²) < 4.78 is 8.19. The van der Waals surface area contributed by atoms with Gasteiger partial charge in [-0.2, -0.15) is 0 Å². The zero-order chi connectivity index (χ0) is 25.2. The van der Waals surface area contributed by atoms with E-state index in [1.807, 2.05) is 79.0 Å². The Morgan fingerprint density at radius 1 is 0.784 bits per heavy atom. The van der Waals surface area contributed by atoms with Crippen LogP contribution in [-0.4, -0.2) is 14.7 Å². The van der Waals surface area contributed by atoms with Crippen molar-refractivity contribution in [3.8, 4) is 17.2 Å². The molecule has 0 bridgehead atoms. The Kier molecular flexibility index (Phi) is 6.16. The predicted octanol–water partition coefficient (Wildman–Crippen LogP) is 7.15. The number of hydrogen-bond donors (Lipinski definition) is 1. The molecule has 182 valence electrons. The van der Waals surface area contributed by atoms with Gasteiger partial charge in [0.15, 0.2) is 5.11 Å². The number of nitrogens with zero attached hydrogens (tertiary/aromatic N) is 3. The highest BCUT2D eigenvalue weighted by atomic mass is 32.1. The van der Waals surface area contributed by atoms with Crippen molar-refractivity contribution in [3.63, 3.8) is 0 Å². The summed E-state index contributed by atoms with van der Waals surface area (Å²) in [5, 5.41) is 4.20. The van der Waals surface area contributed by atoms with Crippen LogP contribution in [0.1, 0.15) is 28.9 Å². The van der Waals surface area contributed by atoms with Gasteiger partial charge in [-0.15, -0.1) is 0 Å². The lowest BCUT2D eigenvalue weighted by Gasteiger charge is -2.27. The smallest absolute Gasteiger partial charge is 0.174 e. The normalized spacial score (nSPS) is 17.0. The minimum Gasteiger partial charge on any atom is -0.457 e. The van der Waals surface area contributed by atoms with Crippen molar-refractivity contribution in [2.24, 2.45) is 0 Å². The molecule has 2 atom stereocenters. The summed E-state index contributed by atoms with van der Waals surface area (Å²) >= 11 is 5.88. The van der Waals surface area contributed by atoms with Crippen LogP contribution in [0.3, 0.4) is 0 Å². The summed E-state index contributed by atoms with van der Waals surface area (Å²) in [4.78, 5) is 6.83. The van der Waals surface area contributed by atoms with Crippen molar-refractivity contribution in [1.29, 1.82) is 0 Å². The molecule has 0 aliphatic carbocycles. The second kappa shape index (κ2) is 9.91. The molecule has 0 unspecified atom stereocenters. The van der Waals surface area contributed by atoms with Crippen LogP contribution in [0.2, 0.25) is 0 Å². The number of ether oxygens (including phenoxy) is 1. The summed E-state index contributed by atoms with van der Waals surface area (Å²) in [7, 11) is 0. The molecule has 1 N–H and O–H groups in total. The van der Waals surface area contributed by atoms with Gasteiger partial charge in [-0.25, -0.2) is 0 Å². The van der Waals surface area contributed by atoms with E-state index in [1.165, 1.54) is 5.56 Å². The summed E-state index contributed by atoms with van der Waals surface area (Å²) in [6.07, 6.45) is 6.10. The van der Waals surface area contributed by atoms with E-state index in [2.05, 4.69) is 69.4 Å². The maximum atomic E-state index is 6.05. The van der Waals surface area contributed by atoms with Gasteiger partial charge in [0.25, 0.3) is 0 Å². The summed E-state index contributed by atoms with van der Waals surface area (Å²) in [5.74, 6) is 1.59. The van der Waals surface area contributed by atoms with Crippen LogP contribution in [0.5, 0.6) is 11.5 Å². The van der Waals surface area contributed by atoms with Crippen molar-refractivity contribution in [1.82, 2.24) is 14.9 Å². The van der Waals surface area contributed by atoms with Crippen molar-refractivity contribution in [3.05, 3.63) is 139 Å². The molecule has 3 aromatic carbocycles. The van der Waals surface area contributed by atoms with Gasteiger partial charge in [0, 0.05) is 30.0 Å². The van der Waals surface area contributed by atoms with Gasteiger partial charge in [0.2, 0.25) is 0 Å². The van der Waals surface area contributed by atoms with E-state index in [0.29, 0.717) is 5.11 Å². The van der Waals surface area contributed by atoms with E-state index in [9.17, 15) is 0 Å². The van der Waals surface area contributed by atoms with Crippen LogP contribution < -0.4 is 15.0 Å². The molecule has 1 fully saturated rings. The van der Waals surface area contributed by atoms with Gasteiger partial charge in [-0.3, -0.25) is 4.98 Å². The molecular formula is C31H26N4OS. The molecule has 2 aromatic heterocycles. The highest BCUT2D eigenvalue weighted by Gasteiger charge is 2.41. The quantitative estimate of drug-likeness (QED) is 0.250.